The van der Waals surface area contributed by atoms with Gasteiger partial charge in [0.25, 0.3) is 5.91 Å². The average molecular weight is 357 g/mol. The Labute approximate surface area is 157 Å². The molecule has 2 aromatic heterocycles. The van der Waals surface area contributed by atoms with Crippen molar-refractivity contribution in [3.63, 3.8) is 0 Å². The Kier molecular flexibility index (Phi) is 4.78. The summed E-state index contributed by atoms with van der Waals surface area (Å²) in [6.45, 7) is 0.555. The van der Waals surface area contributed by atoms with Gasteiger partial charge in [-0.25, -0.2) is 9.67 Å². The molecule has 0 radical (unpaired) electrons. The molecule has 4 rings (SSSR count). The number of para-hydroxylation sites is 1. The van der Waals surface area contributed by atoms with Crippen molar-refractivity contribution < 1.29 is 4.79 Å². The van der Waals surface area contributed by atoms with Crippen molar-refractivity contribution in [2.45, 2.75) is 6.42 Å². The molecule has 1 amide bonds. The van der Waals surface area contributed by atoms with Crippen LogP contribution in [0.5, 0.6) is 0 Å². The molecule has 0 bridgehead atoms. The van der Waals surface area contributed by atoms with Crippen LogP contribution in [0.4, 0.5) is 0 Å². The lowest BCUT2D eigenvalue weighted by molar-refractivity contribution is 0.0947. The molecule has 27 heavy (non-hydrogen) atoms. The van der Waals surface area contributed by atoms with Crippen molar-refractivity contribution >= 4 is 5.91 Å². The lowest BCUT2D eigenvalue weighted by Crippen LogP contribution is -2.27. The summed E-state index contributed by atoms with van der Waals surface area (Å²) in [6.07, 6.45) is 7.65. The molecule has 6 nitrogen and oxygen atoms in total. The van der Waals surface area contributed by atoms with E-state index in [0.717, 1.165) is 23.4 Å². The Morgan fingerprint density at radius 2 is 1.78 bits per heavy atom. The molecular formula is C21H19N5O. The molecular weight excluding hydrogens is 338 g/mol. The molecule has 2 heterocycles. The second kappa shape index (κ2) is 7.70. The minimum Gasteiger partial charge on any atom is -0.350 e. The van der Waals surface area contributed by atoms with Crippen LogP contribution in [-0.4, -0.2) is 31.8 Å². The first kappa shape index (κ1) is 16.8. The summed E-state index contributed by atoms with van der Waals surface area (Å²) >= 11 is 0. The first-order valence-electron chi connectivity index (χ1n) is 8.76. The predicted octanol–water partition coefficient (Wildman–Crippen LogP) is 3.03. The van der Waals surface area contributed by atoms with Gasteiger partial charge < -0.3 is 5.32 Å². The van der Waals surface area contributed by atoms with Crippen molar-refractivity contribution in [2.24, 2.45) is 0 Å². The molecule has 0 saturated carbocycles. The van der Waals surface area contributed by atoms with Crippen LogP contribution in [0.15, 0.2) is 85.6 Å². The van der Waals surface area contributed by atoms with Crippen molar-refractivity contribution in [3.05, 3.63) is 96.8 Å². The van der Waals surface area contributed by atoms with E-state index in [0.29, 0.717) is 12.2 Å². The number of imidazole rings is 1. The minimum atomic E-state index is -0.135. The minimum absolute atomic E-state index is 0.135. The maximum Gasteiger partial charge on any atom is 0.269 e. The van der Waals surface area contributed by atoms with Crippen molar-refractivity contribution in [3.8, 4) is 11.4 Å². The van der Waals surface area contributed by atoms with Gasteiger partial charge in [-0.15, -0.1) is 0 Å². The SMILES string of the molecule is O=C(NCCc1ccc(-n2cccn2)cc1)c1cncn1-c1ccccc1. The van der Waals surface area contributed by atoms with Gasteiger partial charge in [0, 0.05) is 24.6 Å². The third-order valence-electron chi connectivity index (χ3n) is 4.31. The Hall–Kier alpha value is -3.67. The van der Waals surface area contributed by atoms with Gasteiger partial charge in [0.15, 0.2) is 0 Å². The number of nitrogens with zero attached hydrogens (tertiary/aromatic N) is 4. The Bertz CT molecular complexity index is 1000. The lowest BCUT2D eigenvalue weighted by Gasteiger charge is -2.09. The number of rotatable bonds is 6. The fraction of sp³-hybridized carbons (Fsp3) is 0.0952. The molecule has 4 aromatic rings. The van der Waals surface area contributed by atoms with Crippen LogP contribution in [0.1, 0.15) is 16.1 Å². The molecule has 1 N–H and O–H groups in total. The molecule has 0 saturated heterocycles. The van der Waals surface area contributed by atoms with Gasteiger partial charge in [-0.2, -0.15) is 5.10 Å². The normalized spacial score (nSPS) is 10.7. The standard InChI is InChI=1S/C21H19N5O/c27-21(20-15-22-16-25(20)18-5-2-1-3-6-18)23-13-11-17-7-9-19(10-8-17)26-14-4-12-24-26/h1-10,12,14-16H,11,13H2,(H,23,27). The number of aromatic nitrogens is 4. The van der Waals surface area contributed by atoms with E-state index < -0.39 is 0 Å². The van der Waals surface area contributed by atoms with Gasteiger partial charge in [-0.1, -0.05) is 30.3 Å². The van der Waals surface area contributed by atoms with Gasteiger partial charge in [0.05, 0.1) is 18.2 Å². The molecule has 6 heteroatoms. The van der Waals surface area contributed by atoms with E-state index in [1.807, 2.05) is 59.4 Å². The van der Waals surface area contributed by atoms with E-state index in [1.165, 1.54) is 0 Å². The molecule has 0 spiro atoms. The maximum atomic E-state index is 12.5. The fourth-order valence-electron chi connectivity index (χ4n) is 2.91. The molecule has 0 atom stereocenters. The number of hydrogen-bond donors (Lipinski definition) is 1. The number of nitrogens with one attached hydrogen (secondary N) is 1. The highest BCUT2D eigenvalue weighted by Gasteiger charge is 2.12. The van der Waals surface area contributed by atoms with Gasteiger partial charge in [0.1, 0.15) is 5.69 Å². The monoisotopic (exact) mass is 357 g/mol. The Balaban J connectivity index is 1.36. The van der Waals surface area contributed by atoms with Crippen molar-refractivity contribution in [1.82, 2.24) is 24.6 Å². The summed E-state index contributed by atoms with van der Waals surface area (Å²) in [5.41, 5.74) is 3.60. The van der Waals surface area contributed by atoms with Crippen LogP contribution < -0.4 is 5.32 Å². The van der Waals surface area contributed by atoms with E-state index in [4.69, 9.17) is 0 Å². The van der Waals surface area contributed by atoms with E-state index >= 15 is 0 Å². The largest absolute Gasteiger partial charge is 0.350 e. The van der Waals surface area contributed by atoms with Gasteiger partial charge in [-0.3, -0.25) is 9.36 Å². The zero-order valence-electron chi connectivity index (χ0n) is 14.7. The highest BCUT2D eigenvalue weighted by atomic mass is 16.1. The zero-order chi connectivity index (χ0) is 18.5. The third kappa shape index (κ3) is 3.79. The lowest BCUT2D eigenvalue weighted by atomic mass is 10.1. The molecule has 0 aliphatic heterocycles. The number of carbonyl (C=O) groups excluding carboxylic acids is 1. The summed E-state index contributed by atoms with van der Waals surface area (Å²) in [6, 6.07) is 19.7. The Morgan fingerprint density at radius 3 is 2.52 bits per heavy atom. The first-order valence-corrected chi connectivity index (χ1v) is 8.76. The number of hydrogen-bond acceptors (Lipinski definition) is 3. The van der Waals surface area contributed by atoms with E-state index in [-0.39, 0.29) is 5.91 Å². The Morgan fingerprint density at radius 1 is 0.963 bits per heavy atom. The summed E-state index contributed by atoms with van der Waals surface area (Å²) in [7, 11) is 0. The smallest absolute Gasteiger partial charge is 0.269 e. The molecule has 2 aromatic carbocycles. The summed E-state index contributed by atoms with van der Waals surface area (Å²) < 4.78 is 3.60. The van der Waals surface area contributed by atoms with Gasteiger partial charge in [0.2, 0.25) is 0 Å². The van der Waals surface area contributed by atoms with E-state index in [2.05, 4.69) is 27.5 Å². The first-order chi connectivity index (χ1) is 13.3. The maximum absolute atomic E-state index is 12.5. The van der Waals surface area contributed by atoms with Crippen LogP contribution in [0, 0.1) is 0 Å². The predicted molar refractivity (Wildman–Crippen MR) is 103 cm³/mol. The molecule has 0 fully saturated rings. The molecule has 0 unspecified atom stereocenters. The van der Waals surface area contributed by atoms with E-state index in [1.54, 1.807) is 23.3 Å². The van der Waals surface area contributed by atoms with Gasteiger partial charge in [-0.05, 0) is 42.3 Å². The highest BCUT2D eigenvalue weighted by molar-refractivity contribution is 5.93. The molecule has 0 aliphatic rings. The van der Waals surface area contributed by atoms with Crippen LogP contribution in [0.25, 0.3) is 11.4 Å². The second-order valence-corrected chi connectivity index (χ2v) is 6.11. The van der Waals surface area contributed by atoms with Crippen LogP contribution in [-0.2, 0) is 6.42 Å². The highest BCUT2D eigenvalue weighted by Crippen LogP contribution is 2.11. The summed E-state index contributed by atoms with van der Waals surface area (Å²) in [5.74, 6) is -0.135. The second-order valence-electron chi connectivity index (χ2n) is 6.11. The summed E-state index contributed by atoms with van der Waals surface area (Å²) in [4.78, 5) is 16.6. The van der Waals surface area contributed by atoms with Crippen LogP contribution in [0.3, 0.4) is 0 Å². The molecule has 0 aliphatic carbocycles. The topological polar surface area (TPSA) is 64.7 Å². The van der Waals surface area contributed by atoms with Gasteiger partial charge >= 0.3 is 0 Å². The third-order valence-corrected chi connectivity index (χ3v) is 4.31. The molecule has 134 valence electrons. The van der Waals surface area contributed by atoms with Crippen LogP contribution >= 0.6 is 0 Å². The average Bonchev–Trinajstić information content (AvgIpc) is 3.41. The number of amides is 1. The van der Waals surface area contributed by atoms with E-state index in [9.17, 15) is 4.79 Å². The zero-order valence-corrected chi connectivity index (χ0v) is 14.7. The van der Waals surface area contributed by atoms with Crippen molar-refractivity contribution in [1.29, 1.82) is 0 Å². The number of carbonyl (C=O) groups is 1. The number of benzene rings is 2. The van der Waals surface area contributed by atoms with Crippen LogP contribution in [0.2, 0.25) is 0 Å². The quantitative estimate of drug-likeness (QED) is 0.577. The van der Waals surface area contributed by atoms with Crippen molar-refractivity contribution in [2.75, 3.05) is 6.54 Å². The fourth-order valence-corrected chi connectivity index (χ4v) is 2.91. The summed E-state index contributed by atoms with van der Waals surface area (Å²) in [5, 5.41) is 7.18.